The molecule has 0 radical (unpaired) electrons. The zero-order valence-corrected chi connectivity index (χ0v) is 25.5. The monoisotopic (exact) mass is 572 g/mol. The van der Waals surface area contributed by atoms with Gasteiger partial charge in [-0.05, 0) is 106 Å². The van der Waals surface area contributed by atoms with Gasteiger partial charge in [0, 0.05) is 5.41 Å². The summed E-state index contributed by atoms with van der Waals surface area (Å²) in [5.74, 6) is 0. The summed E-state index contributed by atoms with van der Waals surface area (Å²) in [6.45, 7) is 4.81. The van der Waals surface area contributed by atoms with Crippen molar-refractivity contribution in [1.29, 1.82) is 0 Å². The van der Waals surface area contributed by atoms with Crippen molar-refractivity contribution in [1.82, 2.24) is 0 Å². The number of rotatable bonds is 3. The molecule has 1 aliphatic rings. The molecule has 0 bridgehead atoms. The second kappa shape index (κ2) is 9.78. The third-order valence-corrected chi connectivity index (χ3v) is 10.00. The summed E-state index contributed by atoms with van der Waals surface area (Å²) in [4.78, 5) is 0. The molecule has 0 heteroatoms. The van der Waals surface area contributed by atoms with Crippen LogP contribution in [0.4, 0.5) is 0 Å². The van der Waals surface area contributed by atoms with Crippen LogP contribution in [0.5, 0.6) is 0 Å². The molecule has 212 valence electrons. The lowest BCUT2D eigenvalue weighted by Crippen LogP contribution is -2.16. The lowest BCUT2D eigenvalue weighted by molar-refractivity contribution is 0.663. The van der Waals surface area contributed by atoms with Crippen LogP contribution in [0.15, 0.2) is 158 Å². The fourth-order valence-electron chi connectivity index (χ4n) is 7.99. The van der Waals surface area contributed by atoms with Crippen LogP contribution >= 0.6 is 0 Å². The minimum atomic E-state index is -0.143. The van der Waals surface area contributed by atoms with E-state index in [0.29, 0.717) is 0 Å². The fourth-order valence-corrected chi connectivity index (χ4v) is 7.99. The van der Waals surface area contributed by atoms with E-state index in [-0.39, 0.29) is 5.41 Å². The molecule has 0 atom stereocenters. The van der Waals surface area contributed by atoms with Crippen molar-refractivity contribution in [2.24, 2.45) is 0 Å². The van der Waals surface area contributed by atoms with E-state index in [1.807, 2.05) is 0 Å². The summed E-state index contributed by atoms with van der Waals surface area (Å²) in [5.41, 5.74) is 13.1. The van der Waals surface area contributed by atoms with Gasteiger partial charge in [-0.1, -0.05) is 153 Å². The van der Waals surface area contributed by atoms with Gasteiger partial charge >= 0.3 is 0 Å². The lowest BCUT2D eigenvalue weighted by Gasteiger charge is -2.26. The van der Waals surface area contributed by atoms with Crippen LogP contribution in [0, 0.1) is 0 Å². The number of fused-ring (bicyclic) bond motifs is 6. The van der Waals surface area contributed by atoms with Crippen LogP contribution in [0.1, 0.15) is 25.0 Å². The molecule has 0 heterocycles. The minimum absolute atomic E-state index is 0.143. The van der Waals surface area contributed by atoms with Crippen LogP contribution in [0.3, 0.4) is 0 Å². The van der Waals surface area contributed by atoms with E-state index in [1.165, 1.54) is 88.0 Å². The summed E-state index contributed by atoms with van der Waals surface area (Å²) in [6, 6.07) is 58.3. The van der Waals surface area contributed by atoms with Gasteiger partial charge in [0.05, 0.1) is 0 Å². The largest absolute Gasteiger partial charge is 0.0622 e. The summed E-state index contributed by atoms with van der Waals surface area (Å²) in [6.07, 6.45) is 0. The molecule has 0 spiro atoms. The summed E-state index contributed by atoms with van der Waals surface area (Å²) >= 11 is 0. The Morgan fingerprint density at radius 3 is 1.56 bits per heavy atom. The molecule has 0 aliphatic heterocycles. The molecule has 0 fully saturated rings. The molecule has 9 rings (SSSR count). The average molecular weight is 573 g/mol. The van der Waals surface area contributed by atoms with Crippen molar-refractivity contribution in [2.45, 2.75) is 19.3 Å². The topological polar surface area (TPSA) is 0 Å². The average Bonchev–Trinajstić information content (AvgIpc) is 3.32. The van der Waals surface area contributed by atoms with Crippen LogP contribution in [-0.2, 0) is 5.41 Å². The molecule has 0 unspecified atom stereocenters. The highest BCUT2D eigenvalue weighted by Crippen LogP contribution is 2.55. The van der Waals surface area contributed by atoms with Gasteiger partial charge in [0.2, 0.25) is 0 Å². The van der Waals surface area contributed by atoms with Crippen molar-refractivity contribution >= 4 is 32.3 Å². The summed E-state index contributed by atoms with van der Waals surface area (Å²) < 4.78 is 0. The Balaban J connectivity index is 1.35. The number of hydrogen-bond donors (Lipinski definition) is 0. The van der Waals surface area contributed by atoms with E-state index in [9.17, 15) is 0 Å². The molecule has 8 aromatic rings. The minimum Gasteiger partial charge on any atom is -0.0622 e. The van der Waals surface area contributed by atoms with Gasteiger partial charge in [-0.25, -0.2) is 0 Å². The highest BCUT2D eigenvalue weighted by atomic mass is 14.4. The van der Waals surface area contributed by atoms with Crippen molar-refractivity contribution in [3.05, 3.63) is 169 Å². The quantitative estimate of drug-likeness (QED) is 0.185. The second-order valence-electron chi connectivity index (χ2n) is 12.9. The first kappa shape index (κ1) is 26.0. The van der Waals surface area contributed by atoms with E-state index in [0.717, 1.165) is 0 Å². The maximum absolute atomic E-state index is 2.42. The van der Waals surface area contributed by atoms with Gasteiger partial charge in [0.25, 0.3) is 0 Å². The third kappa shape index (κ3) is 3.85. The van der Waals surface area contributed by atoms with E-state index in [1.54, 1.807) is 0 Å². The highest BCUT2D eigenvalue weighted by molar-refractivity contribution is 6.22. The van der Waals surface area contributed by atoms with Gasteiger partial charge in [-0.2, -0.15) is 0 Å². The van der Waals surface area contributed by atoms with E-state index >= 15 is 0 Å². The summed E-state index contributed by atoms with van der Waals surface area (Å²) in [7, 11) is 0. The van der Waals surface area contributed by atoms with E-state index < -0.39 is 0 Å². The Bertz CT molecular complexity index is 2390. The Hall–Kier alpha value is -5.46. The first-order valence-electron chi connectivity index (χ1n) is 15.9. The smallest absolute Gasteiger partial charge is 0.0165 e. The van der Waals surface area contributed by atoms with Gasteiger partial charge in [0.15, 0.2) is 0 Å². The van der Waals surface area contributed by atoms with Gasteiger partial charge < -0.3 is 0 Å². The molecule has 0 nitrogen and oxygen atoms in total. The van der Waals surface area contributed by atoms with Gasteiger partial charge in [-0.3, -0.25) is 0 Å². The molecular weight excluding hydrogens is 540 g/mol. The molecule has 0 aromatic heterocycles. The molecule has 0 saturated carbocycles. The predicted molar refractivity (Wildman–Crippen MR) is 193 cm³/mol. The molecule has 0 amide bonds. The van der Waals surface area contributed by atoms with Crippen LogP contribution < -0.4 is 0 Å². The normalized spacial score (nSPS) is 13.3. The Morgan fingerprint density at radius 2 is 0.867 bits per heavy atom. The van der Waals surface area contributed by atoms with Crippen molar-refractivity contribution < 1.29 is 0 Å². The van der Waals surface area contributed by atoms with Crippen molar-refractivity contribution in [3.8, 4) is 44.5 Å². The third-order valence-electron chi connectivity index (χ3n) is 10.00. The zero-order chi connectivity index (χ0) is 30.1. The standard InChI is InChI=1S/C45H32/c1-45(2)41-28-32-17-7-6-16-31(32)27-40(41)38-24-13-25-39(44(38)45)43-36-22-10-8-20-34(36)42(35-21-9-11-23-37(35)43)33-19-12-18-30(26-33)29-14-4-3-5-15-29/h3-28H,1-2H3. The first-order valence-corrected chi connectivity index (χ1v) is 15.9. The molecular formula is C45H32. The van der Waals surface area contributed by atoms with Crippen molar-refractivity contribution in [2.75, 3.05) is 0 Å². The van der Waals surface area contributed by atoms with Gasteiger partial charge in [-0.15, -0.1) is 0 Å². The molecule has 0 N–H and O–H groups in total. The number of benzene rings is 8. The van der Waals surface area contributed by atoms with Crippen LogP contribution in [0.2, 0.25) is 0 Å². The lowest BCUT2D eigenvalue weighted by atomic mass is 9.76. The SMILES string of the molecule is CC1(C)c2cc3ccccc3cc2-c2cccc(-c3c4ccccc4c(-c4cccc(-c5ccccc5)c4)c4ccccc34)c21. The maximum atomic E-state index is 2.42. The second-order valence-corrected chi connectivity index (χ2v) is 12.9. The van der Waals surface area contributed by atoms with Gasteiger partial charge in [0.1, 0.15) is 0 Å². The number of hydrogen-bond acceptors (Lipinski definition) is 0. The summed E-state index contributed by atoms with van der Waals surface area (Å²) in [5, 5.41) is 7.75. The molecule has 0 saturated heterocycles. The van der Waals surface area contributed by atoms with Crippen molar-refractivity contribution in [3.63, 3.8) is 0 Å². The molecule has 45 heavy (non-hydrogen) atoms. The van der Waals surface area contributed by atoms with Crippen LogP contribution in [0.25, 0.3) is 76.8 Å². The molecule has 1 aliphatic carbocycles. The zero-order valence-electron chi connectivity index (χ0n) is 25.5. The first-order chi connectivity index (χ1) is 22.1. The predicted octanol–water partition coefficient (Wildman–Crippen LogP) is 12.5. The maximum Gasteiger partial charge on any atom is 0.0165 e. The molecule has 8 aromatic carbocycles. The van der Waals surface area contributed by atoms with E-state index in [4.69, 9.17) is 0 Å². The Labute approximate surface area is 264 Å². The highest BCUT2D eigenvalue weighted by Gasteiger charge is 2.38. The fraction of sp³-hybridized carbons (Fsp3) is 0.0667. The Kier molecular flexibility index (Phi) is 5.64. The van der Waals surface area contributed by atoms with Crippen LogP contribution in [-0.4, -0.2) is 0 Å². The van der Waals surface area contributed by atoms with E-state index in [2.05, 4.69) is 172 Å². The Morgan fingerprint density at radius 1 is 0.356 bits per heavy atom.